The maximum Gasteiger partial charge on any atom is 0.314 e. The number of urea groups is 1. The topological polar surface area (TPSA) is 69.8 Å². The number of aromatic hydroxyl groups is 1. The summed E-state index contributed by atoms with van der Waals surface area (Å²) in [6, 6.07) is 7.13. The average molecular weight is 275 g/mol. The zero-order valence-corrected chi connectivity index (χ0v) is 11.5. The van der Waals surface area contributed by atoms with Crippen molar-refractivity contribution in [2.75, 3.05) is 32.7 Å². The van der Waals surface area contributed by atoms with Gasteiger partial charge in [-0.2, -0.15) is 0 Å². The van der Waals surface area contributed by atoms with Gasteiger partial charge in [-0.15, -0.1) is 0 Å². The van der Waals surface area contributed by atoms with Crippen LogP contribution in [-0.4, -0.2) is 53.7 Å². The van der Waals surface area contributed by atoms with Crippen LogP contribution < -0.4 is 5.73 Å². The Balaban J connectivity index is 1.48. The molecule has 0 aliphatic carbocycles. The lowest BCUT2D eigenvalue weighted by Crippen LogP contribution is -2.37. The van der Waals surface area contributed by atoms with Gasteiger partial charge in [-0.3, -0.25) is 0 Å². The molecule has 2 atom stereocenters. The summed E-state index contributed by atoms with van der Waals surface area (Å²) < 4.78 is 0. The summed E-state index contributed by atoms with van der Waals surface area (Å²) in [6.45, 7) is 4.79. The predicted molar refractivity (Wildman–Crippen MR) is 76.4 cm³/mol. The number of nitrogens with two attached hydrogens (primary N) is 1. The van der Waals surface area contributed by atoms with Crippen molar-refractivity contribution < 1.29 is 9.90 Å². The third-order valence-electron chi connectivity index (χ3n) is 4.53. The van der Waals surface area contributed by atoms with Gasteiger partial charge in [0.15, 0.2) is 0 Å². The van der Waals surface area contributed by atoms with E-state index in [0.29, 0.717) is 17.6 Å². The first kappa shape index (κ1) is 13.2. The largest absolute Gasteiger partial charge is 0.508 e. The molecule has 3 rings (SSSR count). The third kappa shape index (κ3) is 2.72. The fraction of sp³-hybridized carbons (Fsp3) is 0.533. The highest BCUT2D eigenvalue weighted by Gasteiger charge is 2.40. The van der Waals surface area contributed by atoms with E-state index in [4.69, 9.17) is 5.73 Å². The summed E-state index contributed by atoms with van der Waals surface area (Å²) in [4.78, 5) is 15.4. The second-order valence-corrected chi connectivity index (χ2v) is 5.94. The monoisotopic (exact) mass is 275 g/mol. The molecule has 3 N–H and O–H groups in total. The highest BCUT2D eigenvalue weighted by molar-refractivity contribution is 5.72. The molecule has 5 nitrogen and oxygen atoms in total. The van der Waals surface area contributed by atoms with Gasteiger partial charge in [0.2, 0.25) is 0 Å². The molecule has 2 aliphatic heterocycles. The van der Waals surface area contributed by atoms with E-state index in [9.17, 15) is 9.90 Å². The lowest BCUT2D eigenvalue weighted by Gasteiger charge is -2.20. The van der Waals surface area contributed by atoms with Crippen LogP contribution in [0.4, 0.5) is 4.79 Å². The van der Waals surface area contributed by atoms with Crippen LogP contribution in [-0.2, 0) is 6.42 Å². The number of amides is 2. The summed E-state index contributed by atoms with van der Waals surface area (Å²) in [6.07, 6.45) is 0.999. The van der Waals surface area contributed by atoms with Gasteiger partial charge in [-0.1, -0.05) is 12.1 Å². The van der Waals surface area contributed by atoms with E-state index in [1.54, 1.807) is 17.0 Å². The number of carbonyl (C=O) groups is 1. The van der Waals surface area contributed by atoms with Crippen molar-refractivity contribution >= 4 is 6.03 Å². The molecule has 2 unspecified atom stereocenters. The van der Waals surface area contributed by atoms with E-state index in [1.807, 2.05) is 12.1 Å². The lowest BCUT2D eigenvalue weighted by molar-refractivity contribution is 0.209. The fourth-order valence-corrected chi connectivity index (χ4v) is 3.40. The zero-order chi connectivity index (χ0) is 14.1. The molecule has 2 aliphatic rings. The smallest absolute Gasteiger partial charge is 0.314 e. The number of benzene rings is 1. The SMILES string of the molecule is NC(=O)N1CC2CN(CCc3ccc(O)cc3)CC2C1. The molecule has 0 aromatic heterocycles. The van der Waals surface area contributed by atoms with Crippen molar-refractivity contribution in [2.24, 2.45) is 17.6 Å². The summed E-state index contributed by atoms with van der Waals surface area (Å²) in [7, 11) is 0. The highest BCUT2D eigenvalue weighted by atomic mass is 16.3. The van der Waals surface area contributed by atoms with E-state index in [1.165, 1.54) is 5.56 Å². The van der Waals surface area contributed by atoms with Crippen LogP contribution in [0.1, 0.15) is 5.56 Å². The molecule has 0 radical (unpaired) electrons. The molecule has 5 heteroatoms. The van der Waals surface area contributed by atoms with Gasteiger partial charge in [-0.25, -0.2) is 4.79 Å². The van der Waals surface area contributed by atoms with Crippen LogP contribution in [0.2, 0.25) is 0 Å². The first-order valence-corrected chi connectivity index (χ1v) is 7.16. The first-order chi connectivity index (χ1) is 9.61. The van der Waals surface area contributed by atoms with Gasteiger partial charge in [0.1, 0.15) is 5.75 Å². The second-order valence-electron chi connectivity index (χ2n) is 5.94. The average Bonchev–Trinajstić information content (AvgIpc) is 2.96. The van der Waals surface area contributed by atoms with Crippen molar-refractivity contribution in [3.8, 4) is 5.75 Å². The molecule has 1 aromatic carbocycles. The second kappa shape index (κ2) is 5.32. The van der Waals surface area contributed by atoms with E-state index < -0.39 is 0 Å². The van der Waals surface area contributed by atoms with E-state index in [0.717, 1.165) is 39.1 Å². The number of hydrogen-bond acceptors (Lipinski definition) is 3. The van der Waals surface area contributed by atoms with Crippen LogP contribution in [0, 0.1) is 11.8 Å². The summed E-state index contributed by atoms with van der Waals surface area (Å²) in [5.74, 6) is 1.49. The molecular weight excluding hydrogens is 254 g/mol. The Labute approximate surface area is 119 Å². The van der Waals surface area contributed by atoms with E-state index in [-0.39, 0.29) is 6.03 Å². The molecule has 2 fully saturated rings. The maximum atomic E-state index is 11.2. The summed E-state index contributed by atoms with van der Waals surface area (Å²) in [5.41, 5.74) is 6.58. The number of carbonyl (C=O) groups excluding carboxylic acids is 1. The van der Waals surface area contributed by atoms with Crippen molar-refractivity contribution in [3.63, 3.8) is 0 Å². The van der Waals surface area contributed by atoms with Crippen LogP contribution in [0.25, 0.3) is 0 Å². The Kier molecular flexibility index (Phi) is 3.53. The number of phenols is 1. The minimum Gasteiger partial charge on any atom is -0.508 e. The summed E-state index contributed by atoms with van der Waals surface area (Å²) in [5, 5.41) is 9.26. The minimum absolute atomic E-state index is 0.282. The van der Waals surface area contributed by atoms with Crippen molar-refractivity contribution in [1.29, 1.82) is 0 Å². The Morgan fingerprint density at radius 3 is 2.30 bits per heavy atom. The van der Waals surface area contributed by atoms with Crippen LogP contribution >= 0.6 is 0 Å². The molecule has 0 spiro atoms. The summed E-state index contributed by atoms with van der Waals surface area (Å²) >= 11 is 0. The standard InChI is InChI=1S/C15H21N3O2/c16-15(20)18-9-12-7-17(8-13(12)10-18)6-5-11-1-3-14(19)4-2-11/h1-4,12-13,19H,5-10H2,(H2,16,20). The molecule has 2 amide bonds. The molecule has 20 heavy (non-hydrogen) atoms. The van der Waals surface area contributed by atoms with Gasteiger partial charge >= 0.3 is 6.03 Å². The molecule has 0 bridgehead atoms. The molecular formula is C15H21N3O2. The Morgan fingerprint density at radius 2 is 1.75 bits per heavy atom. The third-order valence-corrected chi connectivity index (χ3v) is 4.53. The first-order valence-electron chi connectivity index (χ1n) is 7.16. The number of rotatable bonds is 3. The number of phenolic OH excluding ortho intramolecular Hbond substituents is 1. The Bertz CT molecular complexity index is 474. The van der Waals surface area contributed by atoms with Crippen LogP contribution in [0.15, 0.2) is 24.3 Å². The van der Waals surface area contributed by atoms with Crippen molar-refractivity contribution in [2.45, 2.75) is 6.42 Å². The molecule has 2 heterocycles. The molecule has 0 saturated carbocycles. The highest BCUT2D eigenvalue weighted by Crippen LogP contribution is 2.30. The van der Waals surface area contributed by atoms with Crippen molar-refractivity contribution in [1.82, 2.24) is 9.80 Å². The van der Waals surface area contributed by atoms with Crippen LogP contribution in [0.3, 0.4) is 0 Å². The molecule has 108 valence electrons. The number of hydrogen-bond donors (Lipinski definition) is 2. The van der Waals surface area contributed by atoms with Gasteiger partial charge in [-0.05, 0) is 36.0 Å². The van der Waals surface area contributed by atoms with Crippen LogP contribution in [0.5, 0.6) is 5.75 Å². The maximum absolute atomic E-state index is 11.2. The van der Waals surface area contributed by atoms with Gasteiger partial charge in [0.05, 0.1) is 0 Å². The van der Waals surface area contributed by atoms with Gasteiger partial charge in [0.25, 0.3) is 0 Å². The van der Waals surface area contributed by atoms with Gasteiger partial charge < -0.3 is 20.6 Å². The van der Waals surface area contributed by atoms with Crippen molar-refractivity contribution in [3.05, 3.63) is 29.8 Å². The fourth-order valence-electron chi connectivity index (χ4n) is 3.40. The minimum atomic E-state index is -0.282. The molecule has 2 saturated heterocycles. The number of primary amides is 1. The van der Waals surface area contributed by atoms with E-state index >= 15 is 0 Å². The number of nitrogens with zero attached hydrogens (tertiary/aromatic N) is 2. The Morgan fingerprint density at radius 1 is 1.15 bits per heavy atom. The Hall–Kier alpha value is -1.75. The van der Waals surface area contributed by atoms with Gasteiger partial charge in [0, 0.05) is 32.7 Å². The molecule has 1 aromatic rings. The van der Waals surface area contributed by atoms with E-state index in [2.05, 4.69) is 4.90 Å². The number of likely N-dealkylation sites (tertiary alicyclic amines) is 2. The zero-order valence-electron chi connectivity index (χ0n) is 11.5. The predicted octanol–water partition coefficient (Wildman–Crippen LogP) is 0.877. The normalized spacial score (nSPS) is 25.9. The quantitative estimate of drug-likeness (QED) is 0.860. The lowest BCUT2D eigenvalue weighted by atomic mass is 10.0. The number of fused-ring (bicyclic) bond motifs is 1.